The van der Waals surface area contributed by atoms with Gasteiger partial charge in [-0.05, 0) is 35.4 Å². The van der Waals surface area contributed by atoms with E-state index < -0.39 is 5.97 Å². The largest absolute Gasteiger partial charge is 0.478 e. The summed E-state index contributed by atoms with van der Waals surface area (Å²) in [5, 5.41) is 11.9. The van der Waals surface area contributed by atoms with E-state index in [-0.39, 0.29) is 0 Å². The Bertz CT molecular complexity index is 514. The van der Waals surface area contributed by atoms with Gasteiger partial charge in [0.25, 0.3) is 0 Å². The molecule has 14 heavy (non-hydrogen) atoms. The summed E-state index contributed by atoms with van der Waals surface area (Å²) in [5.41, 5.74) is 1.22. The third-order valence-electron chi connectivity index (χ3n) is 2.12. The van der Waals surface area contributed by atoms with E-state index in [2.05, 4.69) is 12.6 Å². The van der Waals surface area contributed by atoms with Crippen molar-refractivity contribution in [2.45, 2.75) is 11.8 Å². The number of carbonyl (C=O) groups is 1. The van der Waals surface area contributed by atoms with Gasteiger partial charge < -0.3 is 5.11 Å². The number of hydrogen-bond acceptors (Lipinski definition) is 3. The van der Waals surface area contributed by atoms with Gasteiger partial charge in [0, 0.05) is 9.60 Å². The number of carboxylic acids is 1. The molecule has 1 heterocycles. The van der Waals surface area contributed by atoms with Crippen LogP contribution in [0.1, 0.15) is 15.9 Å². The summed E-state index contributed by atoms with van der Waals surface area (Å²) in [7, 11) is 0. The van der Waals surface area contributed by atoms with Crippen LogP contribution in [0.4, 0.5) is 0 Å². The molecule has 0 bridgehead atoms. The first-order valence-corrected chi connectivity index (χ1v) is 5.37. The fraction of sp³-hybridized carbons (Fsp3) is 0.100. The van der Waals surface area contributed by atoms with Gasteiger partial charge in [-0.1, -0.05) is 0 Å². The zero-order valence-electron chi connectivity index (χ0n) is 7.44. The lowest BCUT2D eigenvalue weighted by atomic mass is 10.1. The molecule has 4 heteroatoms. The number of rotatable bonds is 1. The number of aryl methyl sites for hydroxylation is 1. The molecular weight excluding hydrogens is 216 g/mol. The predicted octanol–water partition coefficient (Wildman–Crippen LogP) is 3.20. The number of thiophene rings is 1. The smallest absolute Gasteiger partial charge is 0.338 e. The van der Waals surface area contributed by atoms with E-state index in [4.69, 9.17) is 5.11 Å². The van der Waals surface area contributed by atoms with Crippen molar-refractivity contribution in [3.63, 3.8) is 0 Å². The Morgan fingerprint density at radius 3 is 2.93 bits per heavy atom. The van der Waals surface area contributed by atoms with Crippen molar-refractivity contribution in [3.05, 3.63) is 28.6 Å². The Hall–Kier alpha value is -1.00. The monoisotopic (exact) mass is 224 g/mol. The van der Waals surface area contributed by atoms with Gasteiger partial charge >= 0.3 is 5.97 Å². The van der Waals surface area contributed by atoms with Crippen LogP contribution in [0, 0.1) is 6.92 Å². The lowest BCUT2D eigenvalue weighted by Crippen LogP contribution is -1.99. The second-order valence-corrected chi connectivity index (χ2v) is 4.42. The van der Waals surface area contributed by atoms with E-state index in [1.165, 1.54) is 11.3 Å². The summed E-state index contributed by atoms with van der Waals surface area (Å²) in [6.07, 6.45) is 0. The van der Waals surface area contributed by atoms with Gasteiger partial charge in [0.15, 0.2) is 0 Å². The molecule has 2 rings (SSSR count). The lowest BCUT2D eigenvalue weighted by Gasteiger charge is -2.05. The summed E-state index contributed by atoms with van der Waals surface area (Å²) < 4.78 is 0.799. The van der Waals surface area contributed by atoms with Crippen LogP contribution in [-0.2, 0) is 0 Å². The standard InChI is InChI=1S/C10H8O2S2/c1-5-4-6-2-3-14-9(6)7(8(5)13)10(11)12/h2-4,13H,1H3,(H,11,12). The second kappa shape index (κ2) is 3.29. The van der Waals surface area contributed by atoms with Gasteiger partial charge in [0.1, 0.15) is 0 Å². The van der Waals surface area contributed by atoms with Gasteiger partial charge in [-0.25, -0.2) is 4.79 Å². The number of benzene rings is 1. The zero-order chi connectivity index (χ0) is 10.3. The third-order valence-corrected chi connectivity index (χ3v) is 3.64. The number of thiol groups is 1. The van der Waals surface area contributed by atoms with Gasteiger partial charge in [-0.15, -0.1) is 24.0 Å². The molecule has 0 spiro atoms. The van der Waals surface area contributed by atoms with Gasteiger partial charge in [0.05, 0.1) is 5.56 Å². The molecule has 0 aliphatic heterocycles. The fourth-order valence-corrected chi connectivity index (χ4v) is 2.71. The highest BCUT2D eigenvalue weighted by atomic mass is 32.1. The topological polar surface area (TPSA) is 37.3 Å². The molecule has 0 radical (unpaired) electrons. The summed E-state index contributed by atoms with van der Waals surface area (Å²) in [6.45, 7) is 1.87. The van der Waals surface area contributed by atoms with E-state index in [0.717, 1.165) is 15.6 Å². The Kier molecular flexibility index (Phi) is 2.25. The molecule has 0 saturated heterocycles. The molecule has 0 unspecified atom stereocenters. The minimum absolute atomic E-state index is 0.318. The molecule has 1 aromatic carbocycles. The van der Waals surface area contributed by atoms with E-state index in [0.29, 0.717) is 10.5 Å². The van der Waals surface area contributed by atoms with Crippen molar-refractivity contribution in [2.24, 2.45) is 0 Å². The van der Waals surface area contributed by atoms with Crippen LogP contribution in [0.5, 0.6) is 0 Å². The van der Waals surface area contributed by atoms with Crippen molar-refractivity contribution in [3.8, 4) is 0 Å². The molecule has 0 aliphatic carbocycles. The first-order valence-electron chi connectivity index (χ1n) is 4.04. The van der Waals surface area contributed by atoms with Crippen LogP contribution in [0.25, 0.3) is 10.1 Å². The van der Waals surface area contributed by atoms with Gasteiger partial charge in [-0.2, -0.15) is 0 Å². The van der Waals surface area contributed by atoms with E-state index in [1.807, 2.05) is 24.4 Å². The quantitative estimate of drug-likeness (QED) is 0.730. The highest BCUT2D eigenvalue weighted by Crippen LogP contribution is 2.31. The van der Waals surface area contributed by atoms with Crippen molar-refractivity contribution < 1.29 is 9.90 Å². The first-order chi connectivity index (χ1) is 6.61. The number of carboxylic acid groups (broad SMARTS) is 1. The van der Waals surface area contributed by atoms with Crippen LogP contribution in [0.15, 0.2) is 22.4 Å². The highest BCUT2D eigenvalue weighted by molar-refractivity contribution is 7.80. The summed E-state index contributed by atoms with van der Waals surface area (Å²) in [4.78, 5) is 11.6. The van der Waals surface area contributed by atoms with Crippen molar-refractivity contribution >= 4 is 40.0 Å². The molecular formula is C10H8O2S2. The average Bonchev–Trinajstić information content (AvgIpc) is 2.52. The van der Waals surface area contributed by atoms with Gasteiger partial charge in [0.2, 0.25) is 0 Å². The van der Waals surface area contributed by atoms with E-state index in [1.54, 1.807) is 0 Å². The molecule has 1 N–H and O–H groups in total. The van der Waals surface area contributed by atoms with E-state index in [9.17, 15) is 4.79 Å². The highest BCUT2D eigenvalue weighted by Gasteiger charge is 2.15. The minimum Gasteiger partial charge on any atom is -0.478 e. The van der Waals surface area contributed by atoms with Crippen LogP contribution in [-0.4, -0.2) is 11.1 Å². The van der Waals surface area contributed by atoms with Gasteiger partial charge in [-0.3, -0.25) is 0 Å². The molecule has 0 fully saturated rings. The Morgan fingerprint density at radius 1 is 1.57 bits per heavy atom. The molecule has 0 atom stereocenters. The van der Waals surface area contributed by atoms with E-state index >= 15 is 0 Å². The van der Waals surface area contributed by atoms with Crippen LogP contribution >= 0.6 is 24.0 Å². The number of aromatic carboxylic acids is 1. The zero-order valence-corrected chi connectivity index (χ0v) is 9.15. The number of fused-ring (bicyclic) bond motifs is 1. The SMILES string of the molecule is Cc1cc2ccsc2c(C(=O)O)c1S. The minimum atomic E-state index is -0.911. The predicted molar refractivity (Wildman–Crippen MR) is 60.8 cm³/mol. The fourth-order valence-electron chi connectivity index (χ4n) is 1.44. The normalized spacial score (nSPS) is 10.7. The Labute approximate surface area is 90.6 Å². The Balaban J connectivity index is 2.93. The molecule has 0 amide bonds. The third kappa shape index (κ3) is 1.31. The second-order valence-electron chi connectivity index (χ2n) is 3.06. The van der Waals surface area contributed by atoms with Crippen molar-refractivity contribution in [2.75, 3.05) is 0 Å². The molecule has 72 valence electrons. The first kappa shape index (κ1) is 9.55. The summed E-state index contributed by atoms with van der Waals surface area (Å²) in [6, 6.07) is 3.88. The molecule has 2 nitrogen and oxygen atoms in total. The summed E-state index contributed by atoms with van der Waals surface area (Å²) >= 11 is 5.66. The Morgan fingerprint density at radius 2 is 2.29 bits per heavy atom. The van der Waals surface area contributed by atoms with Crippen LogP contribution in [0.2, 0.25) is 0 Å². The summed E-state index contributed by atoms with van der Waals surface area (Å²) in [5.74, 6) is -0.911. The van der Waals surface area contributed by atoms with Crippen LogP contribution < -0.4 is 0 Å². The van der Waals surface area contributed by atoms with Crippen molar-refractivity contribution in [1.82, 2.24) is 0 Å². The molecule has 0 saturated carbocycles. The van der Waals surface area contributed by atoms with Crippen LogP contribution in [0.3, 0.4) is 0 Å². The maximum Gasteiger partial charge on any atom is 0.338 e. The van der Waals surface area contributed by atoms with Crippen molar-refractivity contribution in [1.29, 1.82) is 0 Å². The maximum absolute atomic E-state index is 11.0. The molecule has 1 aromatic heterocycles. The number of hydrogen-bond donors (Lipinski definition) is 2. The molecule has 2 aromatic rings. The lowest BCUT2D eigenvalue weighted by molar-refractivity contribution is 0.0695. The molecule has 0 aliphatic rings. The maximum atomic E-state index is 11.0. The average molecular weight is 224 g/mol.